The fourth-order valence-corrected chi connectivity index (χ4v) is 1.47. The number of rotatable bonds is 5. The van der Waals surface area contributed by atoms with Gasteiger partial charge in [0, 0.05) is 12.2 Å². The lowest BCUT2D eigenvalue weighted by Crippen LogP contribution is -2.24. The van der Waals surface area contributed by atoms with Crippen molar-refractivity contribution in [1.82, 2.24) is 4.98 Å². The molecule has 1 heterocycles. The van der Waals surface area contributed by atoms with Gasteiger partial charge < -0.3 is 10.1 Å². The minimum atomic E-state index is -4.22. The number of anilines is 1. The van der Waals surface area contributed by atoms with Gasteiger partial charge in [-0.3, -0.25) is 0 Å². The van der Waals surface area contributed by atoms with Gasteiger partial charge in [0.25, 0.3) is 0 Å². The number of aromatic nitrogens is 1. The van der Waals surface area contributed by atoms with Crippen molar-refractivity contribution in [1.29, 1.82) is 0 Å². The summed E-state index contributed by atoms with van der Waals surface area (Å²) in [4.78, 5) is 15.2. The summed E-state index contributed by atoms with van der Waals surface area (Å²) in [5.41, 5.74) is 0.260. The Morgan fingerprint density at radius 3 is 2.63 bits per heavy atom. The monoisotopic (exact) mass is 276 g/mol. The third kappa shape index (κ3) is 5.58. The molecule has 1 atom stereocenters. The summed E-state index contributed by atoms with van der Waals surface area (Å²) in [6, 6.07) is 2.10. The molecule has 7 heteroatoms. The summed E-state index contributed by atoms with van der Waals surface area (Å²) >= 11 is 0. The second kappa shape index (κ2) is 6.40. The Morgan fingerprint density at radius 1 is 1.47 bits per heavy atom. The van der Waals surface area contributed by atoms with E-state index in [-0.39, 0.29) is 18.0 Å². The fourth-order valence-electron chi connectivity index (χ4n) is 1.47. The average Bonchev–Trinajstić information content (AvgIpc) is 2.27. The zero-order chi connectivity index (χ0) is 14.5. The number of nitrogens with zero attached hydrogens (tertiary/aromatic N) is 1. The van der Waals surface area contributed by atoms with Gasteiger partial charge in [-0.25, -0.2) is 9.78 Å². The van der Waals surface area contributed by atoms with Crippen LogP contribution in [0.1, 0.15) is 30.6 Å². The van der Waals surface area contributed by atoms with Crippen LogP contribution in [0.5, 0.6) is 0 Å². The molecule has 1 rings (SSSR count). The molecule has 0 aliphatic heterocycles. The summed E-state index contributed by atoms with van der Waals surface area (Å²) in [5, 5.41) is 2.61. The summed E-state index contributed by atoms with van der Waals surface area (Å²) in [6.45, 7) is 3.34. The SMILES string of the molecule is CCOC(=O)c1ccc(NC(C)CC(F)(F)F)nc1. The minimum Gasteiger partial charge on any atom is -0.462 e. The van der Waals surface area contributed by atoms with Gasteiger partial charge in [-0.1, -0.05) is 0 Å². The molecule has 106 valence electrons. The number of alkyl halides is 3. The molecular weight excluding hydrogens is 261 g/mol. The van der Waals surface area contributed by atoms with Crippen molar-refractivity contribution < 1.29 is 22.7 Å². The van der Waals surface area contributed by atoms with Gasteiger partial charge >= 0.3 is 12.1 Å². The second-order valence-electron chi connectivity index (χ2n) is 4.02. The van der Waals surface area contributed by atoms with Crippen LogP contribution in [-0.4, -0.2) is 29.8 Å². The van der Waals surface area contributed by atoms with Gasteiger partial charge in [0.05, 0.1) is 18.6 Å². The number of pyridine rings is 1. The van der Waals surface area contributed by atoms with E-state index >= 15 is 0 Å². The first kappa shape index (κ1) is 15.3. The van der Waals surface area contributed by atoms with E-state index in [9.17, 15) is 18.0 Å². The molecule has 0 saturated heterocycles. The molecule has 1 aromatic rings. The van der Waals surface area contributed by atoms with Crippen LogP contribution in [0.25, 0.3) is 0 Å². The van der Waals surface area contributed by atoms with Crippen molar-refractivity contribution in [2.24, 2.45) is 0 Å². The van der Waals surface area contributed by atoms with Crippen molar-refractivity contribution in [2.75, 3.05) is 11.9 Å². The maximum Gasteiger partial charge on any atom is 0.391 e. The first-order valence-electron chi connectivity index (χ1n) is 5.78. The van der Waals surface area contributed by atoms with Crippen molar-refractivity contribution in [3.05, 3.63) is 23.9 Å². The van der Waals surface area contributed by atoms with Crippen molar-refractivity contribution in [3.8, 4) is 0 Å². The van der Waals surface area contributed by atoms with Crippen LogP contribution in [0.15, 0.2) is 18.3 Å². The third-order valence-corrected chi connectivity index (χ3v) is 2.21. The highest BCUT2D eigenvalue weighted by molar-refractivity contribution is 5.89. The summed E-state index contributed by atoms with van der Waals surface area (Å²) in [7, 11) is 0. The standard InChI is InChI=1S/C12H15F3N2O2/c1-3-19-11(18)9-4-5-10(16-7-9)17-8(2)6-12(13,14)15/h4-5,7-8H,3,6H2,1-2H3,(H,16,17). The van der Waals surface area contributed by atoms with E-state index in [1.807, 2.05) is 0 Å². The molecule has 0 fully saturated rings. The van der Waals surface area contributed by atoms with E-state index in [0.717, 1.165) is 0 Å². The first-order valence-corrected chi connectivity index (χ1v) is 5.78. The highest BCUT2D eigenvalue weighted by atomic mass is 19.4. The molecule has 1 N–H and O–H groups in total. The van der Waals surface area contributed by atoms with Gasteiger partial charge in [-0.15, -0.1) is 0 Å². The number of carbonyl (C=O) groups is 1. The number of esters is 1. The molecule has 0 bridgehead atoms. The lowest BCUT2D eigenvalue weighted by atomic mass is 10.2. The van der Waals surface area contributed by atoms with Crippen LogP contribution in [0.4, 0.5) is 19.0 Å². The zero-order valence-corrected chi connectivity index (χ0v) is 10.6. The Hall–Kier alpha value is -1.79. The molecule has 0 aromatic carbocycles. The maximum atomic E-state index is 12.1. The largest absolute Gasteiger partial charge is 0.462 e. The molecular formula is C12H15F3N2O2. The van der Waals surface area contributed by atoms with Gasteiger partial charge in [0.2, 0.25) is 0 Å². The molecule has 4 nitrogen and oxygen atoms in total. The molecule has 1 unspecified atom stereocenters. The predicted molar refractivity (Wildman–Crippen MR) is 64.0 cm³/mol. The van der Waals surface area contributed by atoms with E-state index in [0.29, 0.717) is 0 Å². The quantitative estimate of drug-likeness (QED) is 0.840. The molecule has 0 amide bonds. The smallest absolute Gasteiger partial charge is 0.391 e. The molecule has 0 spiro atoms. The molecule has 19 heavy (non-hydrogen) atoms. The number of halogens is 3. The van der Waals surface area contributed by atoms with Crippen LogP contribution in [0, 0.1) is 0 Å². The van der Waals surface area contributed by atoms with Crippen LogP contribution in [0.3, 0.4) is 0 Å². The number of hydrogen-bond acceptors (Lipinski definition) is 4. The maximum absolute atomic E-state index is 12.1. The molecule has 0 saturated carbocycles. The minimum absolute atomic E-state index is 0.251. The van der Waals surface area contributed by atoms with Crippen LogP contribution >= 0.6 is 0 Å². The van der Waals surface area contributed by atoms with Gasteiger partial charge in [0.1, 0.15) is 5.82 Å². The zero-order valence-electron chi connectivity index (χ0n) is 10.6. The van der Waals surface area contributed by atoms with Crippen LogP contribution in [-0.2, 0) is 4.74 Å². The van der Waals surface area contributed by atoms with Gasteiger partial charge in [0.15, 0.2) is 0 Å². The van der Waals surface area contributed by atoms with E-state index in [4.69, 9.17) is 4.74 Å². The van der Waals surface area contributed by atoms with Gasteiger partial charge in [-0.05, 0) is 26.0 Å². The lowest BCUT2D eigenvalue weighted by Gasteiger charge is -2.16. The van der Waals surface area contributed by atoms with E-state index in [1.165, 1.54) is 25.3 Å². The van der Waals surface area contributed by atoms with Crippen molar-refractivity contribution in [3.63, 3.8) is 0 Å². The Balaban J connectivity index is 2.59. The van der Waals surface area contributed by atoms with E-state index in [2.05, 4.69) is 10.3 Å². The molecule has 0 aliphatic carbocycles. The van der Waals surface area contributed by atoms with Crippen LogP contribution in [0.2, 0.25) is 0 Å². The Bertz CT molecular complexity index is 418. The van der Waals surface area contributed by atoms with Crippen molar-refractivity contribution in [2.45, 2.75) is 32.5 Å². The Labute approximate surface area is 109 Å². The summed E-state index contributed by atoms with van der Waals surface area (Å²) < 4.78 is 41.2. The molecule has 0 aliphatic rings. The normalized spacial score (nSPS) is 12.9. The highest BCUT2D eigenvalue weighted by Gasteiger charge is 2.30. The lowest BCUT2D eigenvalue weighted by molar-refractivity contribution is -0.136. The fraction of sp³-hybridized carbons (Fsp3) is 0.500. The third-order valence-electron chi connectivity index (χ3n) is 2.21. The number of ether oxygens (including phenoxy) is 1. The second-order valence-corrected chi connectivity index (χ2v) is 4.02. The molecule has 1 aromatic heterocycles. The number of carbonyl (C=O) groups excluding carboxylic acids is 1. The Morgan fingerprint density at radius 2 is 2.16 bits per heavy atom. The number of hydrogen-bond donors (Lipinski definition) is 1. The van der Waals surface area contributed by atoms with E-state index < -0.39 is 24.6 Å². The van der Waals surface area contributed by atoms with Crippen LogP contribution < -0.4 is 5.32 Å². The van der Waals surface area contributed by atoms with Gasteiger partial charge in [-0.2, -0.15) is 13.2 Å². The number of nitrogens with one attached hydrogen (secondary N) is 1. The van der Waals surface area contributed by atoms with Crippen molar-refractivity contribution >= 4 is 11.8 Å². The average molecular weight is 276 g/mol. The van der Waals surface area contributed by atoms with E-state index in [1.54, 1.807) is 6.92 Å². The first-order chi connectivity index (χ1) is 8.81. The predicted octanol–water partition coefficient (Wildman–Crippen LogP) is 3.01. The Kier molecular flexibility index (Phi) is 5.14. The summed E-state index contributed by atoms with van der Waals surface area (Å²) in [5.74, 6) is -0.227. The molecule has 0 radical (unpaired) electrons. The summed E-state index contributed by atoms with van der Waals surface area (Å²) in [6.07, 6.45) is -3.91. The highest BCUT2D eigenvalue weighted by Crippen LogP contribution is 2.22. The topological polar surface area (TPSA) is 51.2 Å².